The number of Topliss-reactive ketones (excluding diaryl/α,β-unsaturated/α-hetero) is 2. The van der Waals surface area contributed by atoms with E-state index in [4.69, 9.17) is 0 Å². The smallest absolute Gasteiger partial charge is 0.235 e. The average molecular weight is 290 g/mol. The Morgan fingerprint density at radius 2 is 1.35 bits per heavy atom. The number of benzene rings is 2. The van der Waals surface area contributed by atoms with Crippen LogP contribution in [-0.2, 0) is 0 Å². The van der Waals surface area contributed by atoms with Crippen molar-refractivity contribution in [2.24, 2.45) is 0 Å². The van der Waals surface area contributed by atoms with Crippen LogP contribution in [0.25, 0.3) is 0 Å². The van der Waals surface area contributed by atoms with Crippen molar-refractivity contribution in [2.75, 3.05) is 19.0 Å². The van der Waals surface area contributed by atoms with Gasteiger partial charge in [-0.3, -0.25) is 9.59 Å². The summed E-state index contributed by atoms with van der Waals surface area (Å²) in [6.07, 6.45) is 0. The van der Waals surface area contributed by atoms with Gasteiger partial charge in [0, 0.05) is 30.9 Å². The maximum absolute atomic E-state index is 12.3. The van der Waals surface area contributed by atoms with Crippen LogP contribution in [0.3, 0.4) is 0 Å². The SMILES string of the molecule is CN(C)c1ccccc1C(=O)C(=O)c1ccccc1.Cl. The molecule has 0 amide bonds. The number of para-hydroxylation sites is 1. The second-order valence-electron chi connectivity index (χ2n) is 4.44. The summed E-state index contributed by atoms with van der Waals surface area (Å²) in [4.78, 5) is 26.3. The third kappa shape index (κ3) is 3.25. The third-order valence-electron chi connectivity index (χ3n) is 2.87. The van der Waals surface area contributed by atoms with Crippen molar-refractivity contribution in [1.29, 1.82) is 0 Å². The van der Waals surface area contributed by atoms with Crippen LogP contribution in [0.15, 0.2) is 54.6 Å². The van der Waals surface area contributed by atoms with Gasteiger partial charge in [0.2, 0.25) is 11.6 Å². The fourth-order valence-electron chi connectivity index (χ4n) is 1.90. The van der Waals surface area contributed by atoms with Gasteiger partial charge in [0.05, 0.1) is 0 Å². The molecule has 2 aromatic carbocycles. The molecule has 0 N–H and O–H groups in total. The molecule has 0 bridgehead atoms. The van der Waals surface area contributed by atoms with Gasteiger partial charge in [-0.25, -0.2) is 0 Å². The van der Waals surface area contributed by atoms with E-state index in [9.17, 15) is 9.59 Å². The predicted molar refractivity (Wildman–Crippen MR) is 83.1 cm³/mol. The molecule has 0 saturated heterocycles. The predicted octanol–water partition coefficient (Wildman–Crippen LogP) is 3.24. The number of anilines is 1. The molecule has 2 rings (SSSR count). The van der Waals surface area contributed by atoms with Crippen LogP contribution < -0.4 is 4.90 Å². The van der Waals surface area contributed by atoms with Gasteiger partial charge in [-0.15, -0.1) is 12.4 Å². The second kappa shape index (κ2) is 6.87. The number of hydrogen-bond donors (Lipinski definition) is 0. The van der Waals surface area contributed by atoms with E-state index in [1.54, 1.807) is 36.4 Å². The molecule has 0 atom stereocenters. The standard InChI is InChI=1S/C16H15NO2.ClH/c1-17(2)14-11-7-6-10-13(14)16(19)15(18)12-8-4-3-5-9-12;/h3-11H,1-2H3;1H. The quantitative estimate of drug-likeness (QED) is 0.640. The molecule has 0 radical (unpaired) electrons. The van der Waals surface area contributed by atoms with Crippen LogP contribution in [-0.4, -0.2) is 25.7 Å². The minimum Gasteiger partial charge on any atom is -0.377 e. The lowest BCUT2D eigenvalue weighted by Gasteiger charge is -2.16. The molecule has 0 aliphatic heterocycles. The van der Waals surface area contributed by atoms with E-state index in [2.05, 4.69) is 0 Å². The number of hydrogen-bond acceptors (Lipinski definition) is 3. The molecule has 2 aromatic rings. The van der Waals surface area contributed by atoms with Crippen molar-refractivity contribution < 1.29 is 9.59 Å². The monoisotopic (exact) mass is 289 g/mol. The highest BCUT2D eigenvalue weighted by molar-refractivity contribution is 6.50. The maximum atomic E-state index is 12.3. The van der Waals surface area contributed by atoms with Gasteiger partial charge in [0.1, 0.15) is 0 Å². The topological polar surface area (TPSA) is 37.4 Å². The first-order chi connectivity index (χ1) is 9.11. The Hall–Kier alpha value is -2.13. The first-order valence-corrected chi connectivity index (χ1v) is 6.01. The molecule has 20 heavy (non-hydrogen) atoms. The first kappa shape index (κ1) is 15.9. The van der Waals surface area contributed by atoms with Crippen LogP contribution in [0.4, 0.5) is 5.69 Å². The van der Waals surface area contributed by atoms with E-state index in [0.29, 0.717) is 11.1 Å². The molecule has 0 aliphatic rings. The first-order valence-electron chi connectivity index (χ1n) is 6.01. The Labute approximate surface area is 124 Å². The molecule has 0 aliphatic carbocycles. The van der Waals surface area contributed by atoms with Crippen LogP contribution in [0.2, 0.25) is 0 Å². The second-order valence-corrected chi connectivity index (χ2v) is 4.44. The van der Waals surface area contributed by atoms with Crippen LogP contribution in [0.1, 0.15) is 20.7 Å². The van der Waals surface area contributed by atoms with Gasteiger partial charge in [0.15, 0.2) is 0 Å². The highest BCUT2D eigenvalue weighted by Crippen LogP contribution is 2.20. The molecule has 0 fully saturated rings. The highest BCUT2D eigenvalue weighted by Gasteiger charge is 2.21. The summed E-state index contributed by atoms with van der Waals surface area (Å²) in [5, 5.41) is 0. The summed E-state index contributed by atoms with van der Waals surface area (Å²) in [6, 6.07) is 15.7. The number of nitrogens with zero attached hydrogens (tertiary/aromatic N) is 1. The van der Waals surface area contributed by atoms with E-state index < -0.39 is 11.6 Å². The van der Waals surface area contributed by atoms with E-state index in [1.165, 1.54) is 0 Å². The molecule has 4 heteroatoms. The van der Waals surface area contributed by atoms with Crippen molar-refractivity contribution >= 4 is 29.7 Å². The van der Waals surface area contributed by atoms with Gasteiger partial charge in [-0.1, -0.05) is 42.5 Å². The fourth-order valence-corrected chi connectivity index (χ4v) is 1.90. The lowest BCUT2D eigenvalue weighted by molar-refractivity contribution is 0.0817. The minimum absolute atomic E-state index is 0. The van der Waals surface area contributed by atoms with E-state index >= 15 is 0 Å². The van der Waals surface area contributed by atoms with Gasteiger partial charge in [0.25, 0.3) is 0 Å². The molecule has 0 aromatic heterocycles. The van der Waals surface area contributed by atoms with Crippen molar-refractivity contribution in [1.82, 2.24) is 0 Å². The normalized spacial score (nSPS) is 9.50. The molecule has 0 spiro atoms. The van der Waals surface area contributed by atoms with E-state index in [0.717, 1.165) is 5.69 Å². The van der Waals surface area contributed by atoms with Gasteiger partial charge in [-0.05, 0) is 12.1 Å². The van der Waals surface area contributed by atoms with Crippen molar-refractivity contribution in [3.05, 3.63) is 65.7 Å². The number of ketones is 2. The molecule has 0 heterocycles. The fraction of sp³-hybridized carbons (Fsp3) is 0.125. The van der Waals surface area contributed by atoms with Crippen molar-refractivity contribution in [3.8, 4) is 0 Å². The van der Waals surface area contributed by atoms with Crippen molar-refractivity contribution in [3.63, 3.8) is 0 Å². The zero-order valence-electron chi connectivity index (χ0n) is 11.4. The summed E-state index contributed by atoms with van der Waals surface area (Å²) in [7, 11) is 3.69. The highest BCUT2D eigenvalue weighted by atomic mass is 35.5. The van der Waals surface area contributed by atoms with E-state index in [-0.39, 0.29) is 12.4 Å². The van der Waals surface area contributed by atoms with E-state index in [1.807, 2.05) is 37.2 Å². The summed E-state index contributed by atoms with van der Waals surface area (Å²) < 4.78 is 0. The van der Waals surface area contributed by atoms with Gasteiger partial charge in [-0.2, -0.15) is 0 Å². The van der Waals surface area contributed by atoms with Crippen molar-refractivity contribution in [2.45, 2.75) is 0 Å². The number of rotatable bonds is 4. The summed E-state index contributed by atoms with van der Waals surface area (Å²) in [5.74, 6) is -0.953. The zero-order valence-corrected chi connectivity index (χ0v) is 12.2. The zero-order chi connectivity index (χ0) is 13.8. The molecule has 104 valence electrons. The van der Waals surface area contributed by atoms with Gasteiger partial charge < -0.3 is 4.90 Å². The Morgan fingerprint density at radius 1 is 0.800 bits per heavy atom. The minimum atomic E-state index is -0.477. The molecular weight excluding hydrogens is 274 g/mol. The Bertz CT molecular complexity index is 609. The number of halogens is 1. The Morgan fingerprint density at radius 3 is 1.95 bits per heavy atom. The summed E-state index contributed by atoms with van der Waals surface area (Å²) in [6.45, 7) is 0. The molecule has 3 nitrogen and oxygen atoms in total. The maximum Gasteiger partial charge on any atom is 0.235 e. The lowest BCUT2D eigenvalue weighted by Crippen LogP contribution is -2.19. The van der Waals surface area contributed by atoms with Crippen LogP contribution in [0.5, 0.6) is 0 Å². The number of carbonyl (C=O) groups is 2. The Balaban J connectivity index is 0.00000200. The third-order valence-corrected chi connectivity index (χ3v) is 2.87. The molecule has 0 unspecified atom stereocenters. The lowest BCUT2D eigenvalue weighted by atomic mass is 10.00. The molecule has 0 saturated carbocycles. The van der Waals surface area contributed by atoms with Gasteiger partial charge >= 0.3 is 0 Å². The summed E-state index contributed by atoms with van der Waals surface area (Å²) in [5.41, 5.74) is 1.60. The van der Waals surface area contributed by atoms with Crippen LogP contribution >= 0.6 is 12.4 Å². The Kier molecular flexibility index (Phi) is 5.47. The number of carbonyl (C=O) groups excluding carboxylic acids is 2. The van der Waals surface area contributed by atoms with Crippen LogP contribution in [0, 0.1) is 0 Å². The summed E-state index contributed by atoms with van der Waals surface area (Å²) >= 11 is 0. The largest absolute Gasteiger partial charge is 0.377 e. The molecular formula is C16H16ClNO2. The average Bonchev–Trinajstić information content (AvgIpc) is 2.46.